The zero-order valence-corrected chi connectivity index (χ0v) is 11.4. The Hall–Kier alpha value is -0.0800. The first-order valence-electron chi connectivity index (χ1n) is 6.36. The van der Waals surface area contributed by atoms with Gasteiger partial charge in [-0.1, -0.05) is 34.6 Å². The van der Waals surface area contributed by atoms with Crippen LogP contribution in [0.2, 0.25) is 0 Å². The van der Waals surface area contributed by atoms with Gasteiger partial charge in [-0.25, -0.2) is 0 Å². The molecule has 0 rings (SSSR count). The van der Waals surface area contributed by atoms with Crippen LogP contribution in [0.25, 0.3) is 0 Å². The third kappa shape index (κ3) is 3.76. The van der Waals surface area contributed by atoms with Gasteiger partial charge in [-0.15, -0.1) is 0 Å². The second-order valence-corrected chi connectivity index (χ2v) is 4.65. The molecule has 0 fully saturated rings. The molecule has 0 aromatic heterocycles. The third-order valence-corrected chi connectivity index (χ3v) is 3.45. The first-order valence-corrected chi connectivity index (χ1v) is 6.36. The highest BCUT2D eigenvalue weighted by molar-refractivity contribution is 4.93. The summed E-state index contributed by atoms with van der Waals surface area (Å²) in [6.45, 7) is 12.3. The minimum Gasteiger partial charge on any atom is -0.377 e. The highest BCUT2D eigenvalue weighted by atomic mass is 16.5. The summed E-state index contributed by atoms with van der Waals surface area (Å²) >= 11 is 0. The van der Waals surface area contributed by atoms with Crippen molar-refractivity contribution in [3.8, 4) is 0 Å². The molecule has 0 heterocycles. The Morgan fingerprint density at radius 3 is 1.93 bits per heavy atom. The van der Waals surface area contributed by atoms with Gasteiger partial charge in [-0.05, 0) is 31.7 Å². The zero-order chi connectivity index (χ0) is 11.9. The molecule has 0 saturated carbocycles. The Morgan fingerprint density at radius 2 is 1.67 bits per heavy atom. The van der Waals surface area contributed by atoms with Crippen LogP contribution >= 0.6 is 0 Å². The summed E-state index contributed by atoms with van der Waals surface area (Å²) in [5.74, 6) is 0.608. The van der Waals surface area contributed by atoms with Gasteiger partial charge in [0.15, 0.2) is 0 Å². The highest BCUT2D eigenvalue weighted by Gasteiger charge is 2.37. The first kappa shape index (κ1) is 14.9. The van der Waals surface area contributed by atoms with Crippen molar-refractivity contribution in [2.24, 2.45) is 5.92 Å². The monoisotopic (exact) mass is 215 g/mol. The second kappa shape index (κ2) is 7.24. The molecule has 2 nitrogen and oxygen atoms in total. The average Bonchev–Trinajstić information content (AvgIpc) is 2.24. The zero-order valence-electron chi connectivity index (χ0n) is 11.4. The molecule has 2 heteroatoms. The quantitative estimate of drug-likeness (QED) is 0.671. The molecule has 0 aliphatic heterocycles. The summed E-state index contributed by atoms with van der Waals surface area (Å²) in [6.07, 6.45) is 3.32. The SMILES string of the molecule is CCCNC(C(C)C)C(CC)(CC)OC. The van der Waals surface area contributed by atoms with Gasteiger partial charge in [-0.2, -0.15) is 0 Å². The fourth-order valence-electron chi connectivity index (χ4n) is 2.43. The van der Waals surface area contributed by atoms with Gasteiger partial charge in [0.25, 0.3) is 0 Å². The van der Waals surface area contributed by atoms with Crippen LogP contribution in [0.1, 0.15) is 53.9 Å². The Labute approximate surface area is 95.8 Å². The highest BCUT2D eigenvalue weighted by Crippen LogP contribution is 2.28. The summed E-state index contributed by atoms with van der Waals surface area (Å²) in [6, 6.07) is 0.456. The summed E-state index contributed by atoms with van der Waals surface area (Å²) in [7, 11) is 1.84. The number of ether oxygens (including phenoxy) is 1. The average molecular weight is 215 g/mol. The molecule has 0 aliphatic carbocycles. The Kier molecular flexibility index (Phi) is 7.20. The molecule has 0 aromatic carbocycles. The van der Waals surface area contributed by atoms with E-state index in [1.807, 2.05) is 7.11 Å². The van der Waals surface area contributed by atoms with Gasteiger partial charge in [0.2, 0.25) is 0 Å². The van der Waals surface area contributed by atoms with Crippen LogP contribution in [0.4, 0.5) is 0 Å². The van der Waals surface area contributed by atoms with Crippen LogP contribution in [-0.2, 0) is 4.74 Å². The van der Waals surface area contributed by atoms with Crippen molar-refractivity contribution in [2.75, 3.05) is 13.7 Å². The maximum absolute atomic E-state index is 5.79. The van der Waals surface area contributed by atoms with Gasteiger partial charge < -0.3 is 10.1 Å². The fraction of sp³-hybridized carbons (Fsp3) is 1.00. The molecular formula is C13H29NO. The van der Waals surface area contributed by atoms with Crippen molar-refractivity contribution in [3.63, 3.8) is 0 Å². The normalized spacial score (nSPS) is 14.6. The minimum atomic E-state index is 0.00331. The van der Waals surface area contributed by atoms with Gasteiger partial charge in [0, 0.05) is 13.2 Å². The number of hydrogen-bond acceptors (Lipinski definition) is 2. The summed E-state index contributed by atoms with van der Waals surface area (Å²) in [5, 5.41) is 3.64. The Bertz CT molecular complexity index is 144. The molecule has 1 unspecified atom stereocenters. The molecule has 0 aromatic rings. The maximum atomic E-state index is 5.79. The lowest BCUT2D eigenvalue weighted by Crippen LogP contribution is -2.54. The number of nitrogens with one attached hydrogen (secondary N) is 1. The Morgan fingerprint density at radius 1 is 1.13 bits per heavy atom. The molecule has 0 aliphatic rings. The molecular weight excluding hydrogens is 186 g/mol. The molecule has 92 valence electrons. The van der Waals surface area contributed by atoms with Crippen molar-refractivity contribution in [1.82, 2.24) is 5.32 Å². The van der Waals surface area contributed by atoms with Crippen molar-refractivity contribution in [1.29, 1.82) is 0 Å². The molecule has 0 bridgehead atoms. The maximum Gasteiger partial charge on any atom is 0.0828 e. The van der Waals surface area contributed by atoms with Gasteiger partial charge in [0.1, 0.15) is 0 Å². The van der Waals surface area contributed by atoms with Crippen molar-refractivity contribution in [2.45, 2.75) is 65.5 Å². The molecule has 1 atom stereocenters. The smallest absolute Gasteiger partial charge is 0.0828 e. The van der Waals surface area contributed by atoms with Gasteiger partial charge in [0.05, 0.1) is 5.60 Å². The Balaban J connectivity index is 4.66. The largest absolute Gasteiger partial charge is 0.377 e. The van der Waals surface area contributed by atoms with Crippen molar-refractivity contribution < 1.29 is 4.74 Å². The van der Waals surface area contributed by atoms with E-state index in [2.05, 4.69) is 39.9 Å². The second-order valence-electron chi connectivity index (χ2n) is 4.65. The minimum absolute atomic E-state index is 0.00331. The molecule has 0 amide bonds. The number of rotatable bonds is 8. The molecule has 0 radical (unpaired) electrons. The van der Waals surface area contributed by atoms with E-state index in [-0.39, 0.29) is 5.60 Å². The van der Waals surface area contributed by atoms with Crippen LogP contribution < -0.4 is 5.32 Å². The lowest BCUT2D eigenvalue weighted by Gasteiger charge is -2.41. The van der Waals surface area contributed by atoms with Crippen LogP contribution in [0.5, 0.6) is 0 Å². The summed E-state index contributed by atoms with van der Waals surface area (Å²) in [5.41, 5.74) is 0.00331. The molecule has 0 spiro atoms. The molecule has 0 saturated heterocycles. The van der Waals surface area contributed by atoms with Crippen LogP contribution in [-0.4, -0.2) is 25.3 Å². The van der Waals surface area contributed by atoms with E-state index in [1.165, 1.54) is 6.42 Å². The van der Waals surface area contributed by atoms with E-state index in [9.17, 15) is 0 Å². The lowest BCUT2D eigenvalue weighted by molar-refractivity contribution is -0.0590. The predicted octanol–water partition coefficient (Wildman–Crippen LogP) is 3.22. The third-order valence-electron chi connectivity index (χ3n) is 3.45. The van der Waals surface area contributed by atoms with E-state index in [0.29, 0.717) is 12.0 Å². The van der Waals surface area contributed by atoms with E-state index in [0.717, 1.165) is 19.4 Å². The molecule has 15 heavy (non-hydrogen) atoms. The summed E-state index contributed by atoms with van der Waals surface area (Å²) in [4.78, 5) is 0. The predicted molar refractivity (Wildman–Crippen MR) is 67.2 cm³/mol. The fourth-order valence-corrected chi connectivity index (χ4v) is 2.43. The van der Waals surface area contributed by atoms with Crippen LogP contribution in [0.3, 0.4) is 0 Å². The van der Waals surface area contributed by atoms with Crippen molar-refractivity contribution >= 4 is 0 Å². The van der Waals surface area contributed by atoms with Crippen LogP contribution in [0, 0.1) is 5.92 Å². The van der Waals surface area contributed by atoms with Gasteiger partial charge >= 0.3 is 0 Å². The van der Waals surface area contributed by atoms with E-state index in [1.54, 1.807) is 0 Å². The van der Waals surface area contributed by atoms with Crippen molar-refractivity contribution in [3.05, 3.63) is 0 Å². The first-order chi connectivity index (χ1) is 7.07. The topological polar surface area (TPSA) is 21.3 Å². The number of hydrogen-bond donors (Lipinski definition) is 1. The van der Waals surface area contributed by atoms with E-state index >= 15 is 0 Å². The summed E-state index contributed by atoms with van der Waals surface area (Å²) < 4.78 is 5.79. The lowest BCUT2D eigenvalue weighted by atomic mass is 9.81. The van der Waals surface area contributed by atoms with E-state index in [4.69, 9.17) is 4.74 Å². The standard InChI is InChI=1S/C13H29NO/c1-7-10-14-12(11(4)5)13(8-2,9-3)15-6/h11-12,14H,7-10H2,1-6H3. The van der Waals surface area contributed by atoms with Gasteiger partial charge in [-0.3, -0.25) is 0 Å². The molecule has 1 N–H and O–H groups in total. The van der Waals surface area contributed by atoms with Crippen LogP contribution in [0.15, 0.2) is 0 Å². The van der Waals surface area contributed by atoms with E-state index < -0.39 is 0 Å². The number of methoxy groups -OCH3 is 1.